The second-order valence-corrected chi connectivity index (χ2v) is 8.49. The van der Waals surface area contributed by atoms with Crippen LogP contribution in [-0.4, -0.2) is 52.0 Å². The van der Waals surface area contributed by atoms with E-state index in [2.05, 4.69) is 26.1 Å². The molecule has 5 rings (SSSR count). The van der Waals surface area contributed by atoms with E-state index in [9.17, 15) is 14.4 Å². The van der Waals surface area contributed by atoms with Gasteiger partial charge >= 0.3 is 0 Å². The molecular formula is C22H26N6O3. The molecule has 31 heavy (non-hydrogen) atoms. The number of aromatic amines is 1. The van der Waals surface area contributed by atoms with Crippen molar-refractivity contribution in [3.63, 3.8) is 0 Å². The molecule has 9 nitrogen and oxygen atoms in total. The van der Waals surface area contributed by atoms with Gasteiger partial charge in [-0.05, 0) is 36.6 Å². The molecule has 2 unspecified atom stereocenters. The van der Waals surface area contributed by atoms with Crippen LogP contribution in [0.15, 0.2) is 24.4 Å². The van der Waals surface area contributed by atoms with Crippen molar-refractivity contribution in [2.75, 3.05) is 13.1 Å². The highest BCUT2D eigenvalue weighted by molar-refractivity contribution is 6.05. The van der Waals surface area contributed by atoms with Crippen molar-refractivity contribution in [3.05, 3.63) is 52.3 Å². The highest BCUT2D eigenvalue weighted by Crippen LogP contribution is 2.28. The van der Waals surface area contributed by atoms with E-state index in [1.165, 1.54) is 11.3 Å². The molecule has 4 N–H and O–H groups in total. The Morgan fingerprint density at radius 2 is 2.06 bits per heavy atom. The van der Waals surface area contributed by atoms with Crippen LogP contribution in [0.5, 0.6) is 0 Å². The summed E-state index contributed by atoms with van der Waals surface area (Å²) in [7, 11) is 0. The molecule has 3 amide bonds. The lowest BCUT2D eigenvalue weighted by Crippen LogP contribution is -2.52. The van der Waals surface area contributed by atoms with Crippen molar-refractivity contribution in [1.82, 2.24) is 31.0 Å². The van der Waals surface area contributed by atoms with E-state index in [-0.39, 0.29) is 24.1 Å². The number of carbonyl (C=O) groups excluding carboxylic acids is 3. The zero-order valence-electron chi connectivity index (χ0n) is 17.2. The normalized spacial score (nSPS) is 23.4. The largest absolute Gasteiger partial charge is 0.322 e. The summed E-state index contributed by atoms with van der Waals surface area (Å²) in [4.78, 5) is 38.1. The van der Waals surface area contributed by atoms with Crippen LogP contribution in [0.2, 0.25) is 0 Å². The Labute approximate surface area is 180 Å². The van der Waals surface area contributed by atoms with Crippen LogP contribution < -0.4 is 16.0 Å². The molecule has 2 aromatic rings. The van der Waals surface area contributed by atoms with E-state index in [1.807, 2.05) is 24.4 Å². The third-order valence-electron chi connectivity index (χ3n) is 6.46. The Hall–Kier alpha value is -3.04. The molecule has 2 fully saturated rings. The van der Waals surface area contributed by atoms with Crippen LogP contribution in [0.4, 0.5) is 0 Å². The van der Waals surface area contributed by atoms with Gasteiger partial charge in [-0.2, -0.15) is 5.10 Å². The number of benzene rings is 1. The average molecular weight is 422 g/mol. The minimum Gasteiger partial charge on any atom is -0.322 e. The minimum atomic E-state index is -0.580. The van der Waals surface area contributed by atoms with Gasteiger partial charge in [0, 0.05) is 55.3 Å². The molecule has 3 aliphatic heterocycles. The molecule has 0 aliphatic carbocycles. The molecule has 162 valence electrons. The van der Waals surface area contributed by atoms with E-state index in [0.717, 1.165) is 30.6 Å². The fourth-order valence-corrected chi connectivity index (χ4v) is 4.77. The Morgan fingerprint density at radius 3 is 2.87 bits per heavy atom. The lowest BCUT2D eigenvalue weighted by atomic mass is 10.0. The maximum Gasteiger partial charge on any atom is 0.255 e. The van der Waals surface area contributed by atoms with Crippen molar-refractivity contribution in [2.45, 2.75) is 50.9 Å². The van der Waals surface area contributed by atoms with E-state index < -0.39 is 6.04 Å². The Bertz CT molecular complexity index is 1030. The van der Waals surface area contributed by atoms with Crippen LogP contribution in [0, 0.1) is 0 Å². The van der Waals surface area contributed by atoms with E-state index in [4.69, 9.17) is 0 Å². The lowest BCUT2D eigenvalue weighted by Gasteiger charge is -2.29. The molecule has 4 heterocycles. The number of fused-ring (bicyclic) bond motifs is 1. The first-order valence-electron chi connectivity index (χ1n) is 10.8. The molecule has 2 atom stereocenters. The maximum absolute atomic E-state index is 12.9. The van der Waals surface area contributed by atoms with Gasteiger partial charge in [0.1, 0.15) is 6.04 Å². The first kappa shape index (κ1) is 19.9. The van der Waals surface area contributed by atoms with Gasteiger partial charge in [-0.25, -0.2) is 0 Å². The summed E-state index contributed by atoms with van der Waals surface area (Å²) in [5.74, 6) is -0.316. The topological polar surface area (TPSA) is 119 Å². The van der Waals surface area contributed by atoms with Gasteiger partial charge in [0.05, 0.1) is 6.20 Å². The number of H-pyrrole nitrogens is 1. The third kappa shape index (κ3) is 3.86. The van der Waals surface area contributed by atoms with Gasteiger partial charge < -0.3 is 15.5 Å². The standard InChI is InChI=1S/C22H26N6O3/c29-19-4-3-18(21(30)26-19)28-12-15-2-1-13(7-17(15)22(28)31)8-24-10-16-11-25-27-20(16)14-5-6-23-9-14/h1-2,7,11,14,18,23-24H,3-6,8-10,12H2,(H,25,27)(H,26,29,30). The highest BCUT2D eigenvalue weighted by atomic mass is 16.2. The molecule has 1 aromatic carbocycles. The number of nitrogens with one attached hydrogen (secondary N) is 4. The summed E-state index contributed by atoms with van der Waals surface area (Å²) in [6.45, 7) is 3.76. The summed E-state index contributed by atoms with van der Waals surface area (Å²) in [5.41, 5.74) is 4.95. The molecule has 2 saturated heterocycles. The number of hydrogen-bond donors (Lipinski definition) is 4. The van der Waals surface area contributed by atoms with Gasteiger partial charge in [-0.15, -0.1) is 0 Å². The Balaban J connectivity index is 1.22. The summed E-state index contributed by atoms with van der Waals surface area (Å²) >= 11 is 0. The monoisotopic (exact) mass is 422 g/mol. The van der Waals surface area contributed by atoms with Crippen molar-refractivity contribution in [2.24, 2.45) is 0 Å². The zero-order valence-corrected chi connectivity index (χ0v) is 17.2. The second kappa shape index (κ2) is 8.24. The number of aromatic nitrogens is 2. The van der Waals surface area contributed by atoms with E-state index >= 15 is 0 Å². The molecular weight excluding hydrogens is 396 g/mol. The fraction of sp³-hybridized carbons (Fsp3) is 0.455. The Kier molecular flexibility index (Phi) is 5.29. The number of nitrogens with zero attached hydrogens (tertiary/aromatic N) is 2. The highest BCUT2D eigenvalue weighted by Gasteiger charge is 2.39. The average Bonchev–Trinajstić information content (AvgIpc) is 3.49. The molecule has 9 heteroatoms. The summed E-state index contributed by atoms with van der Waals surface area (Å²) in [6.07, 6.45) is 3.64. The molecule has 0 radical (unpaired) electrons. The minimum absolute atomic E-state index is 0.141. The molecule has 3 aliphatic rings. The van der Waals surface area contributed by atoms with Crippen LogP contribution in [0.1, 0.15) is 57.9 Å². The summed E-state index contributed by atoms with van der Waals surface area (Å²) in [5, 5.41) is 16.5. The van der Waals surface area contributed by atoms with Gasteiger partial charge in [-0.1, -0.05) is 12.1 Å². The van der Waals surface area contributed by atoms with Crippen LogP contribution in [0.25, 0.3) is 0 Å². The zero-order chi connectivity index (χ0) is 21.4. The van der Waals surface area contributed by atoms with Crippen molar-refractivity contribution in [3.8, 4) is 0 Å². The molecule has 0 saturated carbocycles. The smallest absolute Gasteiger partial charge is 0.255 e. The first-order valence-corrected chi connectivity index (χ1v) is 10.8. The number of amides is 3. The van der Waals surface area contributed by atoms with Crippen LogP contribution in [-0.2, 0) is 29.2 Å². The van der Waals surface area contributed by atoms with Crippen LogP contribution in [0.3, 0.4) is 0 Å². The van der Waals surface area contributed by atoms with Gasteiger partial charge in [0.2, 0.25) is 11.8 Å². The van der Waals surface area contributed by atoms with Gasteiger partial charge in [0.15, 0.2) is 0 Å². The quantitative estimate of drug-likeness (QED) is 0.505. The lowest BCUT2D eigenvalue weighted by molar-refractivity contribution is -0.136. The predicted molar refractivity (Wildman–Crippen MR) is 112 cm³/mol. The van der Waals surface area contributed by atoms with Gasteiger partial charge in [0.25, 0.3) is 5.91 Å². The number of hydrogen-bond acceptors (Lipinski definition) is 6. The fourth-order valence-electron chi connectivity index (χ4n) is 4.77. The molecule has 1 aromatic heterocycles. The SMILES string of the molecule is O=C1CCC(N2Cc3ccc(CNCc4cn[nH]c4C4CCNC4)cc3C2=O)C(=O)N1. The van der Waals surface area contributed by atoms with Crippen LogP contribution >= 0.6 is 0 Å². The van der Waals surface area contributed by atoms with E-state index in [0.29, 0.717) is 37.5 Å². The summed E-state index contributed by atoms with van der Waals surface area (Å²) in [6, 6.07) is 5.31. The van der Waals surface area contributed by atoms with Crippen molar-refractivity contribution < 1.29 is 14.4 Å². The van der Waals surface area contributed by atoms with Crippen molar-refractivity contribution >= 4 is 17.7 Å². The molecule has 0 spiro atoms. The third-order valence-corrected chi connectivity index (χ3v) is 6.46. The first-order chi connectivity index (χ1) is 15.1. The number of carbonyl (C=O) groups is 3. The molecule has 0 bridgehead atoms. The van der Waals surface area contributed by atoms with Crippen molar-refractivity contribution in [1.29, 1.82) is 0 Å². The summed E-state index contributed by atoms with van der Waals surface area (Å²) < 4.78 is 0. The number of rotatable bonds is 6. The predicted octanol–water partition coefficient (Wildman–Crippen LogP) is 0.537. The second-order valence-electron chi connectivity index (χ2n) is 8.49. The maximum atomic E-state index is 12.9. The van der Waals surface area contributed by atoms with E-state index in [1.54, 1.807) is 4.90 Å². The number of piperidine rings is 1. The number of imide groups is 1. The Morgan fingerprint density at radius 1 is 1.16 bits per heavy atom. The van der Waals surface area contributed by atoms with Gasteiger partial charge in [-0.3, -0.25) is 24.8 Å².